The van der Waals surface area contributed by atoms with Crippen LogP contribution in [0.5, 0.6) is 0 Å². The van der Waals surface area contributed by atoms with Crippen molar-refractivity contribution >= 4 is 22.0 Å². The Morgan fingerprint density at radius 1 is 1.00 bits per heavy atom. The van der Waals surface area contributed by atoms with Gasteiger partial charge in [0.15, 0.2) is 0 Å². The second kappa shape index (κ2) is 8.03. The molecule has 0 aliphatic carbocycles. The number of carbonyl (C=O) groups excluding carboxylic acids is 2. The number of nitrogens with one attached hydrogen (secondary N) is 1. The van der Waals surface area contributed by atoms with Crippen molar-refractivity contribution in [3.05, 3.63) is 66.0 Å². The van der Waals surface area contributed by atoms with E-state index in [0.717, 1.165) is 11.0 Å². The van der Waals surface area contributed by atoms with Crippen molar-refractivity contribution in [3.63, 3.8) is 0 Å². The first kappa shape index (κ1) is 21.4. The van der Waals surface area contributed by atoms with Gasteiger partial charge in [0.05, 0.1) is 11.6 Å². The molecule has 1 atom stereocenters. The fourth-order valence-electron chi connectivity index (χ4n) is 3.88. The maximum absolute atomic E-state index is 13.4. The zero-order chi connectivity index (χ0) is 22.2. The molecule has 0 saturated carbocycles. The number of urea groups is 1. The molecular weight excluding hydrogens is 423 g/mol. The molecule has 164 valence electrons. The van der Waals surface area contributed by atoms with E-state index in [9.17, 15) is 22.4 Å². The minimum atomic E-state index is -3.80. The number of amides is 3. The molecule has 10 heteroatoms. The van der Waals surface area contributed by atoms with E-state index in [0.29, 0.717) is 18.7 Å². The third-order valence-electron chi connectivity index (χ3n) is 5.73. The summed E-state index contributed by atoms with van der Waals surface area (Å²) in [6.45, 7) is 2.78. The van der Waals surface area contributed by atoms with Crippen LogP contribution >= 0.6 is 0 Å². The molecule has 2 aliphatic heterocycles. The van der Waals surface area contributed by atoms with Crippen molar-refractivity contribution in [2.24, 2.45) is 0 Å². The van der Waals surface area contributed by atoms with Crippen LogP contribution in [-0.4, -0.2) is 67.3 Å². The molecule has 0 spiro atoms. The Bertz CT molecular complexity index is 1100. The van der Waals surface area contributed by atoms with Crippen LogP contribution in [-0.2, 0) is 20.4 Å². The number of halogens is 1. The van der Waals surface area contributed by atoms with E-state index >= 15 is 0 Å². The Hall–Kier alpha value is -2.82. The Labute approximate surface area is 180 Å². The van der Waals surface area contributed by atoms with E-state index in [-0.39, 0.29) is 30.6 Å². The molecule has 1 N–H and O–H groups in total. The quantitative estimate of drug-likeness (QED) is 0.704. The van der Waals surface area contributed by atoms with E-state index in [1.54, 1.807) is 31.2 Å². The van der Waals surface area contributed by atoms with E-state index < -0.39 is 27.4 Å². The third-order valence-corrected chi connectivity index (χ3v) is 7.63. The molecule has 3 amide bonds. The number of rotatable bonds is 5. The molecule has 4 rings (SSSR count). The largest absolute Gasteiger partial charge is 0.326 e. The standard InChI is InChI=1S/C21H23FN4O4S/c1-21(16-6-3-2-4-7-16)19(27)26(20(28)23-21)15-24-10-12-25(13-11-24)31(29,30)18-9-5-8-17(22)14-18/h2-9,14H,10-13,15H2,1H3,(H,23,28)/t21-/m0/s1. The second-order valence-electron chi connectivity index (χ2n) is 7.78. The fourth-order valence-corrected chi connectivity index (χ4v) is 5.33. The maximum Gasteiger partial charge on any atom is 0.326 e. The third kappa shape index (κ3) is 3.93. The normalized spacial score (nSPS) is 23.2. The number of hydrogen-bond acceptors (Lipinski definition) is 5. The summed E-state index contributed by atoms with van der Waals surface area (Å²) >= 11 is 0. The zero-order valence-corrected chi connectivity index (χ0v) is 17.8. The van der Waals surface area contributed by atoms with E-state index in [2.05, 4.69) is 5.32 Å². The molecule has 2 saturated heterocycles. The molecule has 0 radical (unpaired) electrons. The lowest BCUT2D eigenvalue weighted by atomic mass is 9.92. The predicted molar refractivity (Wildman–Crippen MR) is 111 cm³/mol. The molecule has 2 aromatic carbocycles. The summed E-state index contributed by atoms with van der Waals surface area (Å²) in [5, 5.41) is 2.76. The average molecular weight is 447 g/mol. The van der Waals surface area contributed by atoms with Gasteiger partial charge in [0.2, 0.25) is 10.0 Å². The van der Waals surface area contributed by atoms with Gasteiger partial charge in [-0.05, 0) is 30.7 Å². The molecule has 2 heterocycles. The van der Waals surface area contributed by atoms with Crippen LogP contribution in [0.25, 0.3) is 0 Å². The van der Waals surface area contributed by atoms with Gasteiger partial charge in [-0.2, -0.15) is 4.31 Å². The number of nitrogens with zero attached hydrogens (tertiary/aromatic N) is 3. The lowest BCUT2D eigenvalue weighted by Gasteiger charge is -2.35. The molecule has 31 heavy (non-hydrogen) atoms. The van der Waals surface area contributed by atoms with Crippen molar-refractivity contribution < 1.29 is 22.4 Å². The molecule has 0 aromatic heterocycles. The summed E-state index contributed by atoms with van der Waals surface area (Å²) in [4.78, 5) is 28.5. The van der Waals surface area contributed by atoms with Crippen LogP contribution in [0.4, 0.5) is 9.18 Å². The molecule has 8 nitrogen and oxygen atoms in total. The monoisotopic (exact) mass is 446 g/mol. The van der Waals surface area contributed by atoms with Gasteiger partial charge in [-0.3, -0.25) is 9.69 Å². The van der Waals surface area contributed by atoms with Crippen molar-refractivity contribution in [2.45, 2.75) is 17.4 Å². The number of hydrogen-bond donors (Lipinski definition) is 1. The minimum Gasteiger partial charge on any atom is -0.319 e. The van der Waals surface area contributed by atoms with Crippen molar-refractivity contribution in [1.29, 1.82) is 0 Å². The van der Waals surface area contributed by atoms with Crippen molar-refractivity contribution in [1.82, 2.24) is 19.4 Å². The summed E-state index contributed by atoms with van der Waals surface area (Å²) in [6.07, 6.45) is 0. The molecule has 0 bridgehead atoms. The molecular formula is C21H23FN4O4S. The highest BCUT2D eigenvalue weighted by Crippen LogP contribution is 2.29. The SMILES string of the molecule is C[C@@]1(c2ccccc2)NC(=O)N(CN2CCN(S(=O)(=O)c3cccc(F)c3)CC2)C1=O. The Balaban J connectivity index is 1.41. The van der Waals surface area contributed by atoms with Gasteiger partial charge < -0.3 is 5.32 Å². The average Bonchev–Trinajstić information content (AvgIpc) is 2.99. The van der Waals surface area contributed by atoms with Gasteiger partial charge in [0.25, 0.3) is 5.91 Å². The van der Waals surface area contributed by atoms with Gasteiger partial charge in [0, 0.05) is 26.2 Å². The number of benzene rings is 2. The topological polar surface area (TPSA) is 90.0 Å². The minimum absolute atomic E-state index is 0.0704. The number of sulfonamides is 1. The Kier molecular flexibility index (Phi) is 5.54. The van der Waals surface area contributed by atoms with Gasteiger partial charge in [-0.15, -0.1) is 0 Å². The van der Waals surface area contributed by atoms with Crippen molar-refractivity contribution in [3.8, 4) is 0 Å². The first-order valence-corrected chi connectivity index (χ1v) is 11.3. The first-order chi connectivity index (χ1) is 14.7. The smallest absolute Gasteiger partial charge is 0.319 e. The molecule has 0 unspecified atom stereocenters. The van der Waals surface area contributed by atoms with Crippen LogP contribution in [0, 0.1) is 5.82 Å². The molecule has 2 fully saturated rings. The Morgan fingerprint density at radius 3 is 2.32 bits per heavy atom. The number of imide groups is 1. The zero-order valence-electron chi connectivity index (χ0n) is 17.0. The van der Waals surface area contributed by atoms with E-state index in [4.69, 9.17) is 0 Å². The molecule has 2 aromatic rings. The van der Waals surface area contributed by atoms with Crippen LogP contribution in [0.15, 0.2) is 59.5 Å². The van der Waals surface area contributed by atoms with Gasteiger partial charge >= 0.3 is 6.03 Å². The summed E-state index contributed by atoms with van der Waals surface area (Å²) in [6, 6.07) is 13.5. The lowest BCUT2D eigenvalue weighted by Crippen LogP contribution is -2.52. The predicted octanol–water partition coefficient (Wildman–Crippen LogP) is 1.56. The fraction of sp³-hybridized carbons (Fsp3) is 0.333. The summed E-state index contributed by atoms with van der Waals surface area (Å²) < 4.78 is 40.2. The Morgan fingerprint density at radius 2 is 1.68 bits per heavy atom. The summed E-state index contributed by atoms with van der Waals surface area (Å²) in [5.41, 5.74) is -0.442. The van der Waals surface area contributed by atoms with E-state index in [1.807, 2.05) is 11.0 Å². The number of carbonyl (C=O) groups is 2. The summed E-state index contributed by atoms with van der Waals surface area (Å²) in [5.74, 6) is -0.960. The summed E-state index contributed by atoms with van der Waals surface area (Å²) in [7, 11) is -3.80. The lowest BCUT2D eigenvalue weighted by molar-refractivity contribution is -0.132. The maximum atomic E-state index is 13.4. The van der Waals surface area contributed by atoms with Gasteiger partial charge in [0.1, 0.15) is 11.4 Å². The van der Waals surface area contributed by atoms with Crippen molar-refractivity contribution in [2.75, 3.05) is 32.8 Å². The molecule has 2 aliphatic rings. The highest BCUT2D eigenvalue weighted by molar-refractivity contribution is 7.89. The highest BCUT2D eigenvalue weighted by Gasteiger charge is 2.49. The van der Waals surface area contributed by atoms with Crippen LogP contribution in [0.1, 0.15) is 12.5 Å². The first-order valence-electron chi connectivity index (χ1n) is 9.89. The number of piperazine rings is 1. The second-order valence-corrected chi connectivity index (χ2v) is 9.71. The van der Waals surface area contributed by atoms with Gasteiger partial charge in [-0.25, -0.2) is 22.5 Å². The van der Waals surface area contributed by atoms with E-state index in [1.165, 1.54) is 22.5 Å². The van der Waals surface area contributed by atoms with Crippen LogP contribution < -0.4 is 5.32 Å². The van der Waals surface area contributed by atoms with Crippen LogP contribution in [0.3, 0.4) is 0 Å². The van der Waals surface area contributed by atoms with Gasteiger partial charge in [-0.1, -0.05) is 36.4 Å². The highest BCUT2D eigenvalue weighted by atomic mass is 32.2. The van der Waals surface area contributed by atoms with Crippen LogP contribution in [0.2, 0.25) is 0 Å².